The number of nitrogens with one attached hydrogen (secondary N) is 2. The molecule has 2 N–H and O–H groups in total. The number of benzene rings is 1. The number of pyridine rings is 1. The number of carbonyl (C=O) groups is 2. The standard InChI is InChI=1S/C17H18FN3O2/c1-17(2,15(22)20-11-14-5-3-4-10-19-14)16(23)21-13-8-6-12(18)7-9-13/h3-10H,11H2,1-2H3,(H,20,22)(H,21,23). The highest BCUT2D eigenvalue weighted by Gasteiger charge is 2.35. The molecule has 2 aromatic rings. The van der Waals surface area contributed by atoms with E-state index >= 15 is 0 Å². The van der Waals surface area contributed by atoms with Crippen LogP contribution in [-0.2, 0) is 16.1 Å². The van der Waals surface area contributed by atoms with E-state index in [0.29, 0.717) is 11.4 Å². The third-order valence-electron chi connectivity index (χ3n) is 3.39. The van der Waals surface area contributed by atoms with E-state index in [9.17, 15) is 14.0 Å². The van der Waals surface area contributed by atoms with Crippen LogP contribution in [0.5, 0.6) is 0 Å². The van der Waals surface area contributed by atoms with E-state index in [1.54, 1.807) is 18.3 Å². The van der Waals surface area contributed by atoms with Gasteiger partial charge in [-0.25, -0.2) is 4.39 Å². The number of carbonyl (C=O) groups excluding carboxylic acids is 2. The number of hydrogen-bond acceptors (Lipinski definition) is 3. The van der Waals surface area contributed by atoms with Crippen molar-refractivity contribution in [3.63, 3.8) is 0 Å². The summed E-state index contributed by atoms with van der Waals surface area (Å²) in [5.41, 5.74) is -0.138. The highest BCUT2D eigenvalue weighted by molar-refractivity contribution is 6.09. The quantitative estimate of drug-likeness (QED) is 0.833. The van der Waals surface area contributed by atoms with Crippen LogP contribution in [0.15, 0.2) is 48.7 Å². The Kier molecular flexibility index (Phi) is 5.05. The fourth-order valence-corrected chi connectivity index (χ4v) is 1.82. The topological polar surface area (TPSA) is 71.1 Å². The van der Waals surface area contributed by atoms with Crippen molar-refractivity contribution in [2.24, 2.45) is 5.41 Å². The number of hydrogen-bond donors (Lipinski definition) is 2. The van der Waals surface area contributed by atoms with Crippen LogP contribution in [-0.4, -0.2) is 16.8 Å². The summed E-state index contributed by atoms with van der Waals surface area (Å²) in [5, 5.41) is 5.30. The molecule has 0 bridgehead atoms. The fraction of sp³-hybridized carbons (Fsp3) is 0.235. The van der Waals surface area contributed by atoms with Crippen molar-refractivity contribution in [3.05, 3.63) is 60.2 Å². The molecule has 2 amide bonds. The van der Waals surface area contributed by atoms with E-state index in [1.807, 2.05) is 6.07 Å². The smallest absolute Gasteiger partial charge is 0.239 e. The monoisotopic (exact) mass is 315 g/mol. The Bertz CT molecular complexity index is 685. The summed E-state index contributed by atoms with van der Waals surface area (Å²) in [6.07, 6.45) is 1.63. The molecule has 0 saturated heterocycles. The van der Waals surface area contributed by atoms with Gasteiger partial charge >= 0.3 is 0 Å². The molecule has 23 heavy (non-hydrogen) atoms. The number of anilines is 1. The first kappa shape index (κ1) is 16.6. The summed E-state index contributed by atoms with van der Waals surface area (Å²) < 4.78 is 12.9. The van der Waals surface area contributed by atoms with Gasteiger partial charge < -0.3 is 10.6 Å². The van der Waals surface area contributed by atoms with Crippen LogP contribution >= 0.6 is 0 Å². The molecule has 2 rings (SSSR count). The number of nitrogens with zero attached hydrogens (tertiary/aromatic N) is 1. The van der Waals surface area contributed by atoms with E-state index < -0.39 is 23.0 Å². The minimum absolute atomic E-state index is 0.243. The van der Waals surface area contributed by atoms with Gasteiger partial charge in [0.25, 0.3) is 0 Å². The second-order valence-corrected chi connectivity index (χ2v) is 5.59. The van der Waals surface area contributed by atoms with E-state index in [0.717, 1.165) is 0 Å². The van der Waals surface area contributed by atoms with Crippen LogP contribution in [0.2, 0.25) is 0 Å². The summed E-state index contributed by atoms with van der Waals surface area (Å²) in [7, 11) is 0. The van der Waals surface area contributed by atoms with Crippen molar-refractivity contribution in [2.45, 2.75) is 20.4 Å². The fourth-order valence-electron chi connectivity index (χ4n) is 1.82. The predicted octanol–water partition coefficient (Wildman–Crippen LogP) is 2.50. The maximum Gasteiger partial charge on any atom is 0.239 e. The molecule has 0 radical (unpaired) electrons. The van der Waals surface area contributed by atoms with Gasteiger partial charge in [-0.05, 0) is 50.2 Å². The molecule has 1 heterocycles. The van der Waals surface area contributed by atoms with Crippen molar-refractivity contribution < 1.29 is 14.0 Å². The molecular weight excluding hydrogens is 297 g/mol. The Balaban J connectivity index is 1.97. The van der Waals surface area contributed by atoms with Crippen LogP contribution in [0.4, 0.5) is 10.1 Å². The first-order chi connectivity index (χ1) is 10.9. The van der Waals surface area contributed by atoms with Gasteiger partial charge in [0.05, 0.1) is 12.2 Å². The Morgan fingerprint density at radius 1 is 1.09 bits per heavy atom. The molecule has 5 nitrogen and oxygen atoms in total. The lowest BCUT2D eigenvalue weighted by molar-refractivity contribution is -0.138. The number of aromatic nitrogens is 1. The minimum atomic E-state index is -1.27. The molecule has 0 saturated carbocycles. The number of halogens is 1. The van der Waals surface area contributed by atoms with Crippen LogP contribution < -0.4 is 10.6 Å². The molecule has 6 heteroatoms. The Morgan fingerprint density at radius 3 is 2.39 bits per heavy atom. The molecule has 1 aromatic heterocycles. The average Bonchev–Trinajstić information content (AvgIpc) is 2.55. The van der Waals surface area contributed by atoms with Crippen molar-refractivity contribution >= 4 is 17.5 Å². The largest absolute Gasteiger partial charge is 0.350 e. The van der Waals surface area contributed by atoms with Gasteiger partial charge in [-0.3, -0.25) is 14.6 Å². The van der Waals surface area contributed by atoms with Crippen LogP contribution in [0.25, 0.3) is 0 Å². The van der Waals surface area contributed by atoms with Gasteiger partial charge in [0, 0.05) is 11.9 Å². The molecule has 0 aliphatic heterocycles. The van der Waals surface area contributed by atoms with E-state index in [1.165, 1.54) is 38.1 Å². The van der Waals surface area contributed by atoms with Crippen LogP contribution in [0.1, 0.15) is 19.5 Å². The number of rotatable bonds is 5. The molecule has 0 fully saturated rings. The third kappa shape index (κ3) is 4.35. The second-order valence-electron chi connectivity index (χ2n) is 5.59. The minimum Gasteiger partial charge on any atom is -0.350 e. The summed E-state index contributed by atoms with van der Waals surface area (Å²) in [6, 6.07) is 10.7. The van der Waals surface area contributed by atoms with Gasteiger partial charge in [-0.2, -0.15) is 0 Å². The normalized spacial score (nSPS) is 10.9. The summed E-state index contributed by atoms with van der Waals surface area (Å²) in [6.45, 7) is 3.30. The first-order valence-corrected chi connectivity index (χ1v) is 7.15. The molecule has 0 unspecified atom stereocenters. The average molecular weight is 315 g/mol. The van der Waals surface area contributed by atoms with Gasteiger partial charge in [0.1, 0.15) is 11.2 Å². The van der Waals surface area contributed by atoms with E-state index in [-0.39, 0.29) is 6.54 Å². The highest BCUT2D eigenvalue weighted by Crippen LogP contribution is 2.19. The Hall–Kier alpha value is -2.76. The molecule has 1 aromatic carbocycles. The molecular formula is C17H18FN3O2. The zero-order chi connectivity index (χ0) is 16.9. The lowest BCUT2D eigenvalue weighted by atomic mass is 9.91. The Labute approximate surface area is 133 Å². The second kappa shape index (κ2) is 7.00. The highest BCUT2D eigenvalue weighted by atomic mass is 19.1. The first-order valence-electron chi connectivity index (χ1n) is 7.15. The van der Waals surface area contributed by atoms with Crippen LogP contribution in [0, 0.1) is 11.2 Å². The van der Waals surface area contributed by atoms with E-state index in [2.05, 4.69) is 15.6 Å². The summed E-state index contributed by atoms with van der Waals surface area (Å²) in [4.78, 5) is 28.7. The Morgan fingerprint density at radius 2 is 1.78 bits per heavy atom. The van der Waals surface area contributed by atoms with E-state index in [4.69, 9.17) is 0 Å². The molecule has 0 spiro atoms. The molecule has 0 aliphatic rings. The van der Waals surface area contributed by atoms with Crippen molar-refractivity contribution in [1.82, 2.24) is 10.3 Å². The molecule has 120 valence electrons. The summed E-state index contributed by atoms with van der Waals surface area (Å²) in [5.74, 6) is -1.28. The molecule has 0 atom stereocenters. The van der Waals surface area contributed by atoms with Crippen LogP contribution in [0.3, 0.4) is 0 Å². The third-order valence-corrected chi connectivity index (χ3v) is 3.39. The van der Waals surface area contributed by atoms with Gasteiger partial charge in [-0.15, -0.1) is 0 Å². The van der Waals surface area contributed by atoms with Crippen molar-refractivity contribution in [2.75, 3.05) is 5.32 Å². The van der Waals surface area contributed by atoms with Crippen molar-refractivity contribution in [1.29, 1.82) is 0 Å². The van der Waals surface area contributed by atoms with Gasteiger partial charge in [0.15, 0.2) is 0 Å². The van der Waals surface area contributed by atoms with Crippen molar-refractivity contribution in [3.8, 4) is 0 Å². The summed E-state index contributed by atoms with van der Waals surface area (Å²) >= 11 is 0. The number of amides is 2. The predicted molar refractivity (Wildman–Crippen MR) is 84.9 cm³/mol. The van der Waals surface area contributed by atoms with Gasteiger partial charge in [-0.1, -0.05) is 6.07 Å². The maximum atomic E-state index is 12.9. The van der Waals surface area contributed by atoms with Gasteiger partial charge in [0.2, 0.25) is 11.8 Å². The zero-order valence-corrected chi connectivity index (χ0v) is 13.0. The lowest BCUT2D eigenvalue weighted by Gasteiger charge is -2.22. The maximum absolute atomic E-state index is 12.9. The zero-order valence-electron chi connectivity index (χ0n) is 13.0. The SMILES string of the molecule is CC(C)(C(=O)NCc1ccccn1)C(=O)Nc1ccc(F)cc1. The molecule has 0 aliphatic carbocycles. The lowest BCUT2D eigenvalue weighted by Crippen LogP contribution is -2.44.